The van der Waals surface area contributed by atoms with Gasteiger partial charge in [-0.15, -0.1) is 11.3 Å². The number of hydrogen-bond acceptors (Lipinski definition) is 5. The molecule has 6 rings (SSSR count). The SMILES string of the molecule is O=C(Nc1ccn(Cc2cccc3ccccc23)n1)c1nn2c(C(F)(F)F)cc(-c3cccs3)nc2c1Cl. The van der Waals surface area contributed by atoms with Crippen molar-refractivity contribution in [3.8, 4) is 10.6 Å². The number of carbonyl (C=O) groups excluding carboxylic acids is 1. The van der Waals surface area contributed by atoms with Gasteiger partial charge in [0.2, 0.25) is 0 Å². The summed E-state index contributed by atoms with van der Waals surface area (Å²) in [6, 6.07) is 19.8. The first-order valence-corrected chi connectivity index (χ1v) is 12.6. The van der Waals surface area contributed by atoms with Crippen LogP contribution in [0.15, 0.2) is 78.3 Å². The van der Waals surface area contributed by atoms with E-state index in [1.165, 1.54) is 11.3 Å². The maximum absolute atomic E-state index is 13.9. The highest BCUT2D eigenvalue weighted by Crippen LogP contribution is 2.35. The van der Waals surface area contributed by atoms with Gasteiger partial charge in [0, 0.05) is 12.3 Å². The Labute approximate surface area is 222 Å². The van der Waals surface area contributed by atoms with Gasteiger partial charge in [-0.25, -0.2) is 9.50 Å². The number of nitrogens with one attached hydrogen (secondary N) is 1. The van der Waals surface area contributed by atoms with Crippen LogP contribution in [0.5, 0.6) is 0 Å². The highest BCUT2D eigenvalue weighted by molar-refractivity contribution is 7.13. The summed E-state index contributed by atoms with van der Waals surface area (Å²) in [5.41, 5.74) is -0.625. The number of fused-ring (bicyclic) bond motifs is 2. The van der Waals surface area contributed by atoms with E-state index in [9.17, 15) is 18.0 Å². The molecular weight excluding hydrogens is 537 g/mol. The molecule has 0 atom stereocenters. The van der Waals surface area contributed by atoms with Crippen LogP contribution in [0.1, 0.15) is 21.7 Å². The molecule has 6 aromatic rings. The van der Waals surface area contributed by atoms with E-state index in [2.05, 4.69) is 20.5 Å². The number of thiophene rings is 1. The van der Waals surface area contributed by atoms with E-state index in [0.29, 0.717) is 15.9 Å². The number of hydrogen-bond donors (Lipinski definition) is 1. The summed E-state index contributed by atoms with van der Waals surface area (Å²) in [6.07, 6.45) is -3.06. The van der Waals surface area contributed by atoms with E-state index in [0.717, 1.165) is 22.4 Å². The van der Waals surface area contributed by atoms with Crippen LogP contribution in [-0.4, -0.2) is 30.3 Å². The lowest BCUT2D eigenvalue weighted by molar-refractivity contribution is -0.142. The topological polar surface area (TPSA) is 77.1 Å². The summed E-state index contributed by atoms with van der Waals surface area (Å²) >= 11 is 7.58. The van der Waals surface area contributed by atoms with Crippen molar-refractivity contribution in [2.75, 3.05) is 5.32 Å². The van der Waals surface area contributed by atoms with Gasteiger partial charge >= 0.3 is 6.18 Å². The average Bonchev–Trinajstić information content (AvgIpc) is 3.65. The van der Waals surface area contributed by atoms with E-state index in [1.54, 1.807) is 34.5 Å². The first-order chi connectivity index (χ1) is 18.3. The van der Waals surface area contributed by atoms with Gasteiger partial charge < -0.3 is 5.32 Å². The fourth-order valence-corrected chi connectivity index (χ4v) is 5.12. The van der Waals surface area contributed by atoms with Gasteiger partial charge in [0.25, 0.3) is 5.91 Å². The maximum Gasteiger partial charge on any atom is 0.433 e. The van der Waals surface area contributed by atoms with Crippen molar-refractivity contribution < 1.29 is 18.0 Å². The normalized spacial score (nSPS) is 11.9. The summed E-state index contributed by atoms with van der Waals surface area (Å²) in [4.78, 5) is 17.8. The van der Waals surface area contributed by atoms with Crippen molar-refractivity contribution in [3.63, 3.8) is 0 Å². The number of nitrogens with zero attached hydrogens (tertiary/aromatic N) is 5. The second-order valence-corrected chi connectivity index (χ2v) is 9.72. The Bertz CT molecular complexity index is 1800. The van der Waals surface area contributed by atoms with E-state index in [-0.39, 0.29) is 22.2 Å². The molecule has 4 heterocycles. The average molecular weight is 553 g/mol. The second kappa shape index (κ2) is 9.26. The molecule has 0 aliphatic heterocycles. The Morgan fingerprint density at radius 3 is 2.63 bits per heavy atom. The Morgan fingerprint density at radius 1 is 1.03 bits per heavy atom. The number of benzene rings is 2. The van der Waals surface area contributed by atoms with Gasteiger partial charge in [-0.05, 0) is 33.8 Å². The van der Waals surface area contributed by atoms with Crippen LogP contribution in [0, 0.1) is 0 Å². The first kappa shape index (κ1) is 24.1. The summed E-state index contributed by atoms with van der Waals surface area (Å²) in [7, 11) is 0. The molecule has 0 saturated heterocycles. The van der Waals surface area contributed by atoms with Crippen molar-refractivity contribution in [1.82, 2.24) is 24.4 Å². The summed E-state index contributed by atoms with van der Waals surface area (Å²) in [5.74, 6) is -0.603. The minimum absolute atomic E-state index is 0.0840. The van der Waals surface area contributed by atoms with Crippen LogP contribution in [-0.2, 0) is 12.7 Å². The molecule has 0 unspecified atom stereocenters. The third kappa shape index (κ3) is 4.39. The molecule has 190 valence electrons. The van der Waals surface area contributed by atoms with Gasteiger partial charge in [-0.2, -0.15) is 23.4 Å². The molecule has 0 fully saturated rings. The molecule has 0 saturated carbocycles. The van der Waals surface area contributed by atoms with E-state index in [1.807, 2.05) is 42.5 Å². The first-order valence-electron chi connectivity index (χ1n) is 11.3. The summed E-state index contributed by atoms with van der Waals surface area (Å²) in [6.45, 7) is 0.455. The van der Waals surface area contributed by atoms with Gasteiger partial charge in [0.05, 0.1) is 17.1 Å². The Balaban J connectivity index is 1.30. The zero-order valence-electron chi connectivity index (χ0n) is 19.3. The lowest BCUT2D eigenvalue weighted by Crippen LogP contribution is -2.16. The highest BCUT2D eigenvalue weighted by atomic mass is 35.5. The molecule has 38 heavy (non-hydrogen) atoms. The van der Waals surface area contributed by atoms with Crippen molar-refractivity contribution in [2.24, 2.45) is 0 Å². The van der Waals surface area contributed by atoms with Crippen molar-refractivity contribution >= 4 is 51.1 Å². The van der Waals surface area contributed by atoms with E-state index < -0.39 is 23.5 Å². The fourth-order valence-electron chi connectivity index (χ4n) is 4.19. The molecular formula is C26H16ClF3N6OS. The molecule has 0 aliphatic carbocycles. The molecule has 0 radical (unpaired) electrons. The molecule has 0 aliphatic rings. The monoisotopic (exact) mass is 552 g/mol. The Hall–Kier alpha value is -4.22. The van der Waals surface area contributed by atoms with Crippen molar-refractivity contribution in [2.45, 2.75) is 12.7 Å². The third-order valence-corrected chi connectivity index (χ3v) is 7.15. The van der Waals surface area contributed by atoms with E-state index in [4.69, 9.17) is 11.6 Å². The van der Waals surface area contributed by atoms with Gasteiger partial charge in [-0.3, -0.25) is 9.48 Å². The zero-order valence-corrected chi connectivity index (χ0v) is 20.8. The molecule has 1 amide bonds. The van der Waals surface area contributed by atoms with Crippen LogP contribution in [0.25, 0.3) is 27.0 Å². The van der Waals surface area contributed by atoms with Crippen LogP contribution in [0.2, 0.25) is 5.02 Å². The summed E-state index contributed by atoms with van der Waals surface area (Å²) < 4.78 is 43.8. The lowest BCUT2D eigenvalue weighted by Gasteiger charge is -2.10. The molecule has 0 bridgehead atoms. The highest BCUT2D eigenvalue weighted by Gasteiger charge is 2.37. The third-order valence-electron chi connectivity index (χ3n) is 5.91. The van der Waals surface area contributed by atoms with Crippen LogP contribution in [0.3, 0.4) is 0 Å². The molecule has 7 nitrogen and oxygen atoms in total. The van der Waals surface area contributed by atoms with Crippen LogP contribution in [0.4, 0.5) is 19.0 Å². The Kier molecular flexibility index (Phi) is 5.88. The quantitative estimate of drug-likeness (QED) is 0.256. The molecule has 2 aromatic carbocycles. The van der Waals surface area contributed by atoms with Gasteiger partial charge in [0.1, 0.15) is 5.02 Å². The van der Waals surface area contributed by atoms with Crippen LogP contribution < -0.4 is 5.32 Å². The van der Waals surface area contributed by atoms with Gasteiger partial charge in [-0.1, -0.05) is 60.1 Å². The predicted octanol–water partition coefficient (Wildman–Crippen LogP) is 6.78. The lowest BCUT2D eigenvalue weighted by atomic mass is 10.0. The number of anilines is 1. The smallest absolute Gasteiger partial charge is 0.304 e. The number of amides is 1. The van der Waals surface area contributed by atoms with Gasteiger partial charge in [0.15, 0.2) is 22.9 Å². The minimum Gasteiger partial charge on any atom is -0.304 e. The zero-order chi connectivity index (χ0) is 26.4. The van der Waals surface area contributed by atoms with Crippen molar-refractivity contribution in [1.29, 1.82) is 0 Å². The second-order valence-electron chi connectivity index (χ2n) is 8.39. The number of carbonyl (C=O) groups is 1. The molecule has 1 N–H and O–H groups in total. The minimum atomic E-state index is -4.75. The largest absolute Gasteiger partial charge is 0.433 e. The van der Waals surface area contributed by atoms with E-state index >= 15 is 0 Å². The molecule has 12 heteroatoms. The maximum atomic E-state index is 13.9. The Morgan fingerprint density at radius 2 is 1.84 bits per heavy atom. The molecule has 0 spiro atoms. The number of rotatable bonds is 5. The standard InChI is InChI=1S/C26H16ClF3N6OS/c27-22-23(34-36-20(26(28,29)30)13-18(31-24(22)36)19-9-4-12-38-19)25(37)32-21-10-11-35(33-21)14-16-7-3-6-15-5-1-2-8-17(15)16/h1-13H,14H2,(H,32,33,37). The fraction of sp³-hybridized carbons (Fsp3) is 0.0769. The predicted molar refractivity (Wildman–Crippen MR) is 140 cm³/mol. The number of alkyl halides is 3. The van der Waals surface area contributed by atoms with Crippen molar-refractivity contribution in [3.05, 3.63) is 100 Å². The summed E-state index contributed by atoms with van der Waals surface area (Å²) in [5, 5.41) is 14.4. The number of halogens is 4. The number of aromatic nitrogens is 5. The molecule has 4 aromatic heterocycles. The van der Waals surface area contributed by atoms with Crippen LogP contribution >= 0.6 is 22.9 Å².